The number of nitrogens with zero attached hydrogens (tertiary/aromatic N) is 5. The van der Waals surface area contributed by atoms with E-state index in [9.17, 15) is 27.4 Å². The van der Waals surface area contributed by atoms with Crippen molar-refractivity contribution in [1.29, 1.82) is 0 Å². The van der Waals surface area contributed by atoms with Crippen molar-refractivity contribution in [2.24, 2.45) is 0 Å². The Morgan fingerprint density at radius 2 is 0.818 bits per heavy atom. The molecule has 0 fully saturated rings. The molecule has 0 radical (unpaired) electrons. The van der Waals surface area contributed by atoms with Gasteiger partial charge in [-0.3, -0.25) is 9.13 Å². The van der Waals surface area contributed by atoms with Gasteiger partial charge >= 0.3 is 0 Å². The molecule has 0 N–H and O–H groups in total. The molecule has 1 aliphatic carbocycles. The molecular weight excluding hydrogens is 971 g/mol. The van der Waals surface area contributed by atoms with Gasteiger partial charge < -0.3 is 0 Å². The van der Waals surface area contributed by atoms with E-state index in [1.54, 1.807) is 12.1 Å². The summed E-state index contributed by atoms with van der Waals surface area (Å²) in [5.74, 6) is -3.05. The summed E-state index contributed by atoms with van der Waals surface area (Å²) in [6, 6.07) is -1.79. The minimum Gasteiger partial charge on any atom is -0.278 e. The van der Waals surface area contributed by atoms with Crippen molar-refractivity contribution in [3.63, 3.8) is 0 Å². The van der Waals surface area contributed by atoms with Gasteiger partial charge in [0.05, 0.1) is 68.6 Å². The quantitative estimate of drug-likeness (QED) is 0.118. The van der Waals surface area contributed by atoms with Gasteiger partial charge in [0.15, 0.2) is 13.9 Å². The van der Waals surface area contributed by atoms with Gasteiger partial charge in [-0.1, -0.05) is 248 Å². The Balaban J connectivity index is 1.14. The highest BCUT2D eigenvalue weighted by molar-refractivity contribution is 7.99. The van der Waals surface area contributed by atoms with Crippen LogP contribution in [0.5, 0.6) is 0 Å². The summed E-state index contributed by atoms with van der Waals surface area (Å²) in [7, 11) is -6.09. The van der Waals surface area contributed by atoms with Crippen LogP contribution in [0.4, 0.5) is 0 Å². The average molecular weight is 1050 g/mol. The van der Waals surface area contributed by atoms with Crippen LogP contribution in [-0.2, 0) is 5.41 Å². The molecule has 0 saturated heterocycles. The zero-order valence-electron chi connectivity index (χ0n) is 69.3. The smallest absolute Gasteiger partial charge is 0.240 e. The van der Waals surface area contributed by atoms with Gasteiger partial charge in [0, 0.05) is 36.9 Å². The lowest BCUT2D eigenvalue weighted by Gasteiger charge is -2.41. The van der Waals surface area contributed by atoms with E-state index in [1.807, 2.05) is 72.8 Å². The van der Waals surface area contributed by atoms with Crippen LogP contribution in [0, 0.1) is 0 Å². The Labute approximate surface area is 492 Å². The topological polar surface area (TPSA) is 48.5 Å². The van der Waals surface area contributed by atoms with Crippen molar-refractivity contribution in [3.05, 3.63) is 295 Å². The number of hydrogen-bond donors (Lipinski definition) is 0. The molecule has 3 aromatic heterocycles. The molecule has 0 amide bonds. The third-order valence-corrected chi connectivity index (χ3v) is 19.6. The second kappa shape index (κ2) is 17.1. The lowest BCUT2D eigenvalue weighted by molar-refractivity contribution is 0.723. The Morgan fingerprint density at radius 1 is 0.377 bits per heavy atom. The van der Waals surface area contributed by atoms with Crippen LogP contribution in [-0.4, -0.2) is 32.2 Å². The van der Waals surface area contributed by atoms with E-state index in [2.05, 4.69) is 0 Å². The molecule has 0 atom stereocenters. The Hall–Kier alpha value is -9.40. The van der Waals surface area contributed by atoms with E-state index in [0.717, 1.165) is 37.0 Å². The van der Waals surface area contributed by atoms with Gasteiger partial charge in [-0.05, 0) is 90.4 Å². The number of fused-ring (bicyclic) bond motifs is 15. The molecule has 5 nitrogen and oxygen atoms in total. The van der Waals surface area contributed by atoms with E-state index in [1.165, 1.54) is 17.8 Å². The lowest BCUT2D eigenvalue weighted by atomic mass is 9.67. The van der Waals surface area contributed by atoms with Crippen LogP contribution in [0.3, 0.4) is 0 Å². The normalized spacial score (nSPS) is 18.7. The summed E-state index contributed by atoms with van der Waals surface area (Å²) in [5, 5.41) is -4.97. The van der Waals surface area contributed by atoms with Crippen LogP contribution in [0.15, 0.2) is 282 Å². The molecule has 0 unspecified atom stereocenters. The third kappa shape index (κ3) is 6.27. The first-order valence-corrected chi connectivity index (χ1v) is 26.6. The van der Waals surface area contributed by atoms with Gasteiger partial charge in [-0.2, -0.15) is 15.0 Å². The summed E-state index contributed by atoms with van der Waals surface area (Å²) in [4.78, 5) is 15.4. The van der Waals surface area contributed by atoms with Gasteiger partial charge in [0.2, 0.25) is 11.9 Å². The Morgan fingerprint density at radius 3 is 1.35 bits per heavy atom. The molecule has 7 heteroatoms. The van der Waals surface area contributed by atoms with E-state index in [-0.39, 0.29) is 5.19 Å². The van der Waals surface area contributed by atoms with Crippen molar-refractivity contribution < 1.29 is 41.1 Å². The molecule has 77 heavy (non-hydrogen) atoms. The molecule has 11 aromatic carbocycles. The second-order valence-electron chi connectivity index (χ2n) is 18.0. The van der Waals surface area contributed by atoms with Gasteiger partial charge in [0.1, 0.15) is 0 Å². The van der Waals surface area contributed by atoms with Crippen LogP contribution < -0.4 is 20.7 Å². The zero-order chi connectivity index (χ0) is 76.8. The SMILES string of the molecule is [2H]c1c([2H])c([2H])c([Si](c2ccc3c(c2)Sc2ccccc2C32c3ccccc3-c3ccccc32)(c2c([2H])c([2H])c([2H])c([2H])c2[2H])c2c([2H])c([2H])c([2H])c(-c3nc(-n4c5c([2H])c([2H])c([2H])c([2H])c5c5c([2H])c([2H])c([2H])c([2H])c54)nc(-n4c5c([2H])c([2H])c([2H])c([2H])c5c5c([2H])c([2H])c([2H])c([2H])c54)n3)c2[2H])c([2H])c1[2H]. The van der Waals surface area contributed by atoms with Crippen LogP contribution in [0.1, 0.15) is 63.4 Å². The molecule has 2 aliphatic rings. The first-order chi connectivity index (χ1) is 50.6. The third-order valence-electron chi connectivity index (χ3n) is 14.3. The minimum atomic E-state index is -6.09. The molecule has 360 valence electrons. The number of benzene rings is 11. The van der Waals surface area contributed by atoms with Crippen molar-refractivity contribution in [1.82, 2.24) is 24.1 Å². The maximum Gasteiger partial charge on any atom is 0.240 e. The summed E-state index contributed by atoms with van der Waals surface area (Å²) in [5.41, 5.74) is -0.0147. The fourth-order valence-electron chi connectivity index (χ4n) is 11.3. The molecule has 4 heterocycles. The van der Waals surface area contributed by atoms with Crippen molar-refractivity contribution in [2.45, 2.75) is 15.2 Å². The first kappa shape index (κ1) is 23.6. The highest BCUT2D eigenvalue weighted by Crippen LogP contribution is 2.62. The van der Waals surface area contributed by atoms with Gasteiger partial charge in [-0.25, -0.2) is 0 Å². The van der Waals surface area contributed by atoms with Crippen LogP contribution in [0.25, 0.3) is 78.0 Å². The second-order valence-corrected chi connectivity index (χ2v) is 22.6. The molecule has 16 rings (SSSR count). The summed E-state index contributed by atoms with van der Waals surface area (Å²) in [6.45, 7) is 0. The summed E-state index contributed by atoms with van der Waals surface area (Å²) >= 11 is 1.22. The molecule has 14 aromatic rings. The monoisotopic (exact) mass is 1050 g/mol. The highest BCUT2D eigenvalue weighted by Gasteiger charge is 2.51. The predicted molar refractivity (Wildman–Crippen MR) is 319 cm³/mol. The molecule has 0 bridgehead atoms. The van der Waals surface area contributed by atoms with E-state index < -0.39 is 277 Å². The maximum atomic E-state index is 11.1. The first-order valence-electron chi connectivity index (χ1n) is 38.8. The van der Waals surface area contributed by atoms with Gasteiger partial charge in [0.25, 0.3) is 0 Å². The molecule has 1 spiro atoms. The Bertz CT molecular complexity index is 6030. The largest absolute Gasteiger partial charge is 0.278 e. The highest BCUT2D eigenvalue weighted by atomic mass is 32.2. The Kier molecular flexibility index (Phi) is 5.24. The number of hydrogen-bond acceptors (Lipinski definition) is 4. The number of aromatic nitrogens is 5. The van der Waals surface area contributed by atoms with E-state index in [0.29, 0.717) is 15.4 Å². The average Bonchev–Trinajstić information content (AvgIpc) is 1.53. The van der Waals surface area contributed by atoms with Crippen molar-refractivity contribution in [2.75, 3.05) is 0 Å². The van der Waals surface area contributed by atoms with Crippen molar-refractivity contribution >= 4 is 84.2 Å². The van der Waals surface area contributed by atoms with Crippen LogP contribution >= 0.6 is 11.8 Å². The summed E-state index contributed by atoms with van der Waals surface area (Å²) < 4.78 is 286. The van der Waals surface area contributed by atoms with Gasteiger partial charge in [-0.15, -0.1) is 0 Å². The fraction of sp³-hybridized carbons (Fsp3) is 0.0143. The summed E-state index contributed by atoms with van der Waals surface area (Å²) in [6.07, 6.45) is 0. The standard InChI is InChI=1S/C70H45N5SSi/c1-3-23-47(24-4-1)77(48-25-5-2-6-26-48,50-42-43-60-66(45-50)76-65-41-20-15-36-59(65)70(60)57-34-13-7-28-51(57)52-29-8-14-35-58(52)70)49-27-21-22-46(44-49)67-71-68(74-61-37-16-9-30-53(61)54-31-10-17-38-62(54)74)73-69(72-67)75-63-39-18-11-32-55(63)56-33-12-19-40-64(56)75/h1-45H/i1D,2D,3D,4D,5D,6D,9D,10D,11D,12D,16D,17D,18D,19D,21D,22D,23D,24D,25D,26D,27D,30D,31D,32D,33D,37D,38D,39D,40D,44D. The fourth-order valence-corrected chi connectivity index (χ4v) is 16.5. The van der Waals surface area contributed by atoms with E-state index >= 15 is 0 Å². The minimum absolute atomic E-state index is 0.223. The predicted octanol–water partition coefficient (Wildman–Crippen LogP) is 13.9. The number of para-hydroxylation sites is 4. The molecule has 1 aliphatic heterocycles. The van der Waals surface area contributed by atoms with Crippen molar-refractivity contribution in [3.8, 4) is 34.4 Å². The molecular formula is C70H45N5SSi. The van der Waals surface area contributed by atoms with Crippen LogP contribution in [0.2, 0.25) is 0 Å². The molecule has 0 saturated carbocycles. The maximum absolute atomic E-state index is 11.1. The van der Waals surface area contributed by atoms with E-state index in [4.69, 9.17) is 28.7 Å². The zero-order valence-corrected chi connectivity index (χ0v) is 41.1. The number of rotatable bonds is 7. The lowest BCUT2D eigenvalue weighted by Crippen LogP contribution is -2.74.